The van der Waals surface area contributed by atoms with Gasteiger partial charge in [0.2, 0.25) is 11.8 Å². The first kappa shape index (κ1) is 15.1. The topological polar surface area (TPSA) is 70.6 Å². The molecular formula is C16H19N3O2S. The summed E-state index contributed by atoms with van der Waals surface area (Å²) in [6, 6.07) is 6.24. The predicted molar refractivity (Wildman–Crippen MR) is 89.1 cm³/mol. The van der Waals surface area contributed by atoms with Gasteiger partial charge in [-0.3, -0.25) is 14.6 Å². The summed E-state index contributed by atoms with van der Waals surface area (Å²) >= 11 is 1.36. The number of carbonyl (C=O) groups excluding carboxylic acids is 2. The van der Waals surface area contributed by atoms with Crippen molar-refractivity contribution >= 4 is 34.4 Å². The monoisotopic (exact) mass is 317 g/mol. The number of aryl methyl sites for hydroxylation is 2. The summed E-state index contributed by atoms with van der Waals surface area (Å²) in [5, 5.41) is 5.96. The van der Waals surface area contributed by atoms with E-state index >= 15 is 0 Å². The number of hydrogen-bond acceptors (Lipinski definition) is 4. The molecule has 0 radical (unpaired) electrons. The summed E-state index contributed by atoms with van der Waals surface area (Å²) in [4.78, 5) is 28.6. The second-order valence-electron chi connectivity index (χ2n) is 5.78. The van der Waals surface area contributed by atoms with Gasteiger partial charge in [-0.25, -0.2) is 0 Å². The average molecular weight is 317 g/mol. The van der Waals surface area contributed by atoms with Gasteiger partial charge >= 0.3 is 0 Å². The van der Waals surface area contributed by atoms with Gasteiger partial charge in [0.15, 0.2) is 5.17 Å². The third-order valence-electron chi connectivity index (χ3n) is 3.74. The fourth-order valence-electron chi connectivity index (χ4n) is 2.34. The largest absolute Gasteiger partial charge is 0.326 e. The Morgan fingerprint density at radius 2 is 2.05 bits per heavy atom. The molecular weight excluding hydrogens is 298 g/mol. The molecule has 1 heterocycles. The van der Waals surface area contributed by atoms with E-state index in [1.54, 1.807) is 0 Å². The zero-order chi connectivity index (χ0) is 15.7. The molecule has 5 nitrogen and oxygen atoms in total. The molecule has 1 aromatic carbocycles. The lowest BCUT2D eigenvalue weighted by Gasteiger charge is -2.12. The van der Waals surface area contributed by atoms with E-state index in [1.807, 2.05) is 32.0 Å². The standard InChI is InChI=1S/C16H19N3O2S/c1-9-4-3-5-10(2)14(9)18-13(20)8-12-15(21)19-16(22-12)17-11-6-7-11/h3-5,11-12H,6-8H2,1-2H3,(H,18,20)(H,17,19,21)/t12-/m0/s1. The SMILES string of the molecule is Cc1cccc(C)c1NC(=O)C[C@@H]1SC(=NC2CC2)NC1=O. The lowest BCUT2D eigenvalue weighted by Crippen LogP contribution is -2.28. The summed E-state index contributed by atoms with van der Waals surface area (Å²) in [6.45, 7) is 3.92. The number of benzene rings is 1. The molecule has 1 saturated carbocycles. The van der Waals surface area contributed by atoms with Gasteiger partial charge in [-0.05, 0) is 37.8 Å². The Morgan fingerprint density at radius 3 is 2.68 bits per heavy atom. The Labute approximate surface area is 134 Å². The maximum atomic E-state index is 12.2. The summed E-state index contributed by atoms with van der Waals surface area (Å²) in [6.07, 6.45) is 2.35. The van der Waals surface area contributed by atoms with E-state index in [0.717, 1.165) is 29.7 Å². The highest BCUT2D eigenvalue weighted by Crippen LogP contribution is 2.29. The van der Waals surface area contributed by atoms with Crippen LogP contribution in [0.5, 0.6) is 0 Å². The predicted octanol–water partition coefficient (Wildman–Crippen LogP) is 2.38. The molecule has 2 aliphatic rings. The van der Waals surface area contributed by atoms with Crippen LogP contribution >= 0.6 is 11.8 Å². The molecule has 116 valence electrons. The van der Waals surface area contributed by atoms with Crippen LogP contribution in [-0.4, -0.2) is 28.3 Å². The van der Waals surface area contributed by atoms with Gasteiger partial charge in [0.05, 0.1) is 6.04 Å². The highest BCUT2D eigenvalue weighted by molar-refractivity contribution is 8.15. The Hall–Kier alpha value is -1.82. The van der Waals surface area contributed by atoms with Crippen LogP contribution in [0.25, 0.3) is 0 Å². The maximum absolute atomic E-state index is 12.2. The number of para-hydroxylation sites is 1. The summed E-state index contributed by atoms with van der Waals surface area (Å²) < 4.78 is 0. The maximum Gasteiger partial charge on any atom is 0.240 e. The molecule has 0 spiro atoms. The van der Waals surface area contributed by atoms with Crippen LogP contribution in [0.4, 0.5) is 5.69 Å². The van der Waals surface area contributed by atoms with Crippen LogP contribution < -0.4 is 10.6 Å². The minimum absolute atomic E-state index is 0.124. The Balaban J connectivity index is 1.61. The molecule has 1 saturated heterocycles. The highest BCUT2D eigenvalue weighted by Gasteiger charge is 2.33. The van der Waals surface area contributed by atoms with Gasteiger partial charge in [0.25, 0.3) is 0 Å². The Bertz CT molecular complexity index is 633. The van der Waals surface area contributed by atoms with Crippen molar-refractivity contribution in [3.63, 3.8) is 0 Å². The van der Waals surface area contributed by atoms with Gasteiger partial charge < -0.3 is 10.6 Å². The molecule has 2 fully saturated rings. The Morgan fingerprint density at radius 1 is 1.36 bits per heavy atom. The van der Waals surface area contributed by atoms with E-state index in [9.17, 15) is 9.59 Å². The first-order valence-corrected chi connectivity index (χ1v) is 8.32. The number of amidine groups is 1. The number of aliphatic imine (C=N–C) groups is 1. The number of rotatable bonds is 4. The summed E-state index contributed by atoms with van der Waals surface area (Å²) in [7, 11) is 0. The fourth-order valence-corrected chi connectivity index (χ4v) is 3.38. The minimum atomic E-state index is -0.387. The van der Waals surface area contributed by atoms with Crippen LogP contribution in [0.1, 0.15) is 30.4 Å². The summed E-state index contributed by atoms with van der Waals surface area (Å²) in [5.41, 5.74) is 2.88. The lowest BCUT2D eigenvalue weighted by atomic mass is 10.1. The van der Waals surface area contributed by atoms with E-state index < -0.39 is 0 Å². The van der Waals surface area contributed by atoms with Gasteiger partial charge in [-0.2, -0.15) is 0 Å². The minimum Gasteiger partial charge on any atom is -0.326 e. The molecule has 1 aliphatic heterocycles. The molecule has 22 heavy (non-hydrogen) atoms. The second-order valence-corrected chi connectivity index (χ2v) is 6.97. The number of hydrogen-bond donors (Lipinski definition) is 2. The van der Waals surface area contributed by atoms with Crippen LogP contribution in [-0.2, 0) is 9.59 Å². The van der Waals surface area contributed by atoms with Crippen LogP contribution in [0.2, 0.25) is 0 Å². The quantitative estimate of drug-likeness (QED) is 0.896. The number of anilines is 1. The van der Waals surface area contributed by atoms with E-state index in [4.69, 9.17) is 0 Å². The second kappa shape index (κ2) is 6.12. The zero-order valence-electron chi connectivity index (χ0n) is 12.7. The van der Waals surface area contributed by atoms with Crippen molar-refractivity contribution in [2.45, 2.75) is 44.4 Å². The molecule has 1 aliphatic carbocycles. The van der Waals surface area contributed by atoms with Crippen molar-refractivity contribution in [2.24, 2.45) is 4.99 Å². The molecule has 3 rings (SSSR count). The third kappa shape index (κ3) is 3.50. The first-order chi connectivity index (χ1) is 10.5. The molecule has 2 amide bonds. The van der Waals surface area contributed by atoms with E-state index in [1.165, 1.54) is 11.8 Å². The zero-order valence-corrected chi connectivity index (χ0v) is 13.5. The van der Waals surface area contributed by atoms with E-state index in [-0.39, 0.29) is 23.5 Å². The number of amides is 2. The van der Waals surface area contributed by atoms with Crippen LogP contribution in [0.15, 0.2) is 23.2 Å². The number of nitrogens with one attached hydrogen (secondary N) is 2. The fraction of sp³-hybridized carbons (Fsp3) is 0.438. The average Bonchev–Trinajstić information content (AvgIpc) is 3.19. The van der Waals surface area contributed by atoms with Gasteiger partial charge in [0, 0.05) is 12.1 Å². The van der Waals surface area contributed by atoms with Crippen molar-refractivity contribution in [2.75, 3.05) is 5.32 Å². The number of thioether (sulfide) groups is 1. The van der Waals surface area contributed by atoms with Crippen molar-refractivity contribution < 1.29 is 9.59 Å². The Kier molecular flexibility index (Phi) is 4.20. The van der Waals surface area contributed by atoms with Crippen molar-refractivity contribution in [3.05, 3.63) is 29.3 Å². The van der Waals surface area contributed by atoms with Crippen molar-refractivity contribution in [3.8, 4) is 0 Å². The lowest BCUT2D eigenvalue weighted by molar-refractivity contribution is -0.122. The molecule has 0 bridgehead atoms. The van der Waals surface area contributed by atoms with Crippen molar-refractivity contribution in [1.82, 2.24) is 5.32 Å². The molecule has 0 aromatic heterocycles. The van der Waals surface area contributed by atoms with E-state index in [0.29, 0.717) is 11.2 Å². The first-order valence-electron chi connectivity index (χ1n) is 7.44. The third-order valence-corrected chi connectivity index (χ3v) is 4.84. The van der Waals surface area contributed by atoms with Gasteiger partial charge in [-0.1, -0.05) is 30.0 Å². The number of carbonyl (C=O) groups is 2. The molecule has 6 heteroatoms. The van der Waals surface area contributed by atoms with Crippen LogP contribution in [0.3, 0.4) is 0 Å². The van der Waals surface area contributed by atoms with E-state index in [2.05, 4.69) is 15.6 Å². The van der Waals surface area contributed by atoms with Crippen LogP contribution in [0, 0.1) is 13.8 Å². The normalized spacial score (nSPS) is 22.7. The number of nitrogens with zero attached hydrogens (tertiary/aromatic N) is 1. The molecule has 1 aromatic rings. The molecule has 2 N–H and O–H groups in total. The molecule has 0 unspecified atom stereocenters. The van der Waals surface area contributed by atoms with Gasteiger partial charge in [0.1, 0.15) is 5.25 Å². The van der Waals surface area contributed by atoms with Gasteiger partial charge in [-0.15, -0.1) is 0 Å². The summed E-state index contributed by atoms with van der Waals surface area (Å²) in [5.74, 6) is -0.265. The molecule has 1 atom stereocenters. The van der Waals surface area contributed by atoms with Crippen molar-refractivity contribution in [1.29, 1.82) is 0 Å². The highest BCUT2D eigenvalue weighted by atomic mass is 32.2. The smallest absolute Gasteiger partial charge is 0.240 e.